The largest absolute Gasteiger partial charge is 0.493 e. The van der Waals surface area contributed by atoms with E-state index in [-0.39, 0.29) is 5.91 Å². The van der Waals surface area contributed by atoms with Gasteiger partial charge < -0.3 is 19.5 Å². The fourth-order valence-corrected chi connectivity index (χ4v) is 4.80. The second-order valence-corrected chi connectivity index (χ2v) is 9.20. The van der Waals surface area contributed by atoms with Crippen molar-refractivity contribution in [1.82, 2.24) is 29.3 Å². The Morgan fingerprint density at radius 3 is 2.74 bits per heavy atom. The Balaban J connectivity index is 1.56. The molecule has 2 atom stereocenters. The molecular weight excluding hydrogens is 491 g/mol. The summed E-state index contributed by atoms with van der Waals surface area (Å²) >= 11 is 0. The summed E-state index contributed by atoms with van der Waals surface area (Å²) in [4.78, 5) is 18.0. The average molecular weight is 521 g/mol. The molecule has 198 valence electrons. The first-order valence-electron chi connectivity index (χ1n) is 12.3. The van der Waals surface area contributed by atoms with Gasteiger partial charge in [-0.2, -0.15) is 10.2 Å². The smallest absolute Gasteiger partial charge is 0.246 e. The van der Waals surface area contributed by atoms with Gasteiger partial charge >= 0.3 is 0 Å². The van der Waals surface area contributed by atoms with Crippen molar-refractivity contribution in [3.05, 3.63) is 72.2 Å². The molecule has 1 amide bonds. The molecule has 1 aliphatic rings. The van der Waals surface area contributed by atoms with Crippen LogP contribution in [-0.2, 0) is 17.8 Å². The van der Waals surface area contributed by atoms with Crippen LogP contribution in [0.3, 0.4) is 0 Å². The van der Waals surface area contributed by atoms with E-state index >= 15 is 0 Å². The Morgan fingerprint density at radius 1 is 1.24 bits per heavy atom. The van der Waals surface area contributed by atoms with Crippen LogP contribution in [-0.4, -0.2) is 66.6 Å². The highest BCUT2D eigenvalue weighted by atomic mass is 19.1. The first-order valence-corrected chi connectivity index (χ1v) is 12.3. The Bertz CT molecular complexity index is 1490. The summed E-state index contributed by atoms with van der Waals surface area (Å²) in [5, 5.41) is 19.8. The van der Waals surface area contributed by atoms with Crippen molar-refractivity contribution >= 4 is 11.4 Å². The molecule has 0 aliphatic carbocycles. The molecule has 0 saturated carbocycles. The van der Waals surface area contributed by atoms with E-state index in [2.05, 4.69) is 16.7 Å². The summed E-state index contributed by atoms with van der Waals surface area (Å²) < 4.78 is 28.9. The highest BCUT2D eigenvalue weighted by Gasteiger charge is 2.26. The van der Waals surface area contributed by atoms with Gasteiger partial charge in [-0.05, 0) is 43.7 Å². The lowest BCUT2D eigenvalue weighted by Gasteiger charge is -2.22. The molecule has 4 aromatic heterocycles. The third kappa shape index (κ3) is 4.60. The number of hydrogen-bond acceptors (Lipinski definition) is 7. The first-order chi connectivity index (χ1) is 18.3. The van der Waals surface area contributed by atoms with Crippen LogP contribution in [0.25, 0.3) is 16.8 Å². The molecule has 1 unspecified atom stereocenters. The molecule has 1 aliphatic heterocycles. The summed E-state index contributed by atoms with van der Waals surface area (Å²) in [6.45, 7) is 8.88. The van der Waals surface area contributed by atoms with E-state index in [9.17, 15) is 14.3 Å². The Labute approximate surface area is 218 Å². The predicted molar refractivity (Wildman–Crippen MR) is 137 cm³/mol. The third-order valence-corrected chi connectivity index (χ3v) is 6.78. The van der Waals surface area contributed by atoms with Crippen molar-refractivity contribution in [2.45, 2.75) is 39.0 Å². The molecule has 5 heterocycles. The molecule has 38 heavy (non-hydrogen) atoms. The lowest BCUT2D eigenvalue weighted by atomic mass is 10.1. The number of aromatic nitrogens is 5. The summed E-state index contributed by atoms with van der Waals surface area (Å²) in [6, 6.07) is 4.59. The van der Waals surface area contributed by atoms with E-state index in [0.29, 0.717) is 48.8 Å². The van der Waals surface area contributed by atoms with E-state index < -0.39 is 18.0 Å². The third-order valence-electron chi connectivity index (χ3n) is 6.78. The number of ether oxygens (including phenoxy) is 2. The fraction of sp³-hybridized carbons (Fsp3) is 0.333. The summed E-state index contributed by atoms with van der Waals surface area (Å²) in [6.07, 6.45) is 4.70. The molecule has 1 N–H and O–H groups in total. The molecule has 0 fully saturated rings. The molecule has 5 rings (SSSR count). The number of nitrogens with zero attached hydrogens (tertiary/aromatic N) is 6. The number of rotatable bonds is 7. The van der Waals surface area contributed by atoms with Crippen molar-refractivity contribution in [1.29, 1.82) is 0 Å². The molecule has 0 saturated heterocycles. The SMILES string of the molecule is C=CC(=O)N1CCc2c(C)c(-c3cc(OC(c4ccc(F)cn4)[C@H](C)O)c4c(OC)cnn4c3)nn2CC1. The van der Waals surface area contributed by atoms with Crippen LogP contribution in [0.15, 0.2) is 49.4 Å². The highest BCUT2D eigenvalue weighted by Crippen LogP contribution is 2.37. The number of methoxy groups -OCH3 is 1. The standard InChI is InChI=1S/C27H29FN6O4/c1-5-24(36)32-9-8-21-16(2)25(31-33(21)11-10-32)18-12-22(26-23(37-4)14-30-34(26)15-18)38-27(17(3)35)20-7-6-19(28)13-29-20/h5-7,12-15,17,27,35H,1,8-11H2,2-4H3/t17-,27?/m0/s1. The predicted octanol–water partition coefficient (Wildman–Crippen LogP) is 3.12. The van der Waals surface area contributed by atoms with E-state index in [1.54, 1.807) is 29.6 Å². The van der Waals surface area contributed by atoms with Crippen LogP contribution in [0, 0.1) is 12.7 Å². The number of carbonyl (C=O) groups is 1. The zero-order chi connectivity index (χ0) is 27.0. The van der Waals surface area contributed by atoms with Crippen molar-refractivity contribution in [3.63, 3.8) is 0 Å². The molecule has 0 radical (unpaired) electrons. The van der Waals surface area contributed by atoms with Crippen LogP contribution < -0.4 is 9.47 Å². The number of amides is 1. The van der Waals surface area contributed by atoms with Crippen LogP contribution in [0.1, 0.15) is 30.0 Å². The maximum Gasteiger partial charge on any atom is 0.246 e. The van der Waals surface area contributed by atoms with Crippen molar-refractivity contribution in [3.8, 4) is 22.8 Å². The van der Waals surface area contributed by atoms with Gasteiger partial charge in [0, 0.05) is 37.0 Å². The summed E-state index contributed by atoms with van der Waals surface area (Å²) in [7, 11) is 1.54. The zero-order valence-electron chi connectivity index (χ0n) is 21.5. The van der Waals surface area contributed by atoms with E-state index in [1.807, 2.05) is 23.9 Å². The highest BCUT2D eigenvalue weighted by molar-refractivity contribution is 5.87. The Morgan fingerprint density at radius 2 is 2.05 bits per heavy atom. The maximum absolute atomic E-state index is 13.5. The zero-order valence-corrected chi connectivity index (χ0v) is 21.5. The van der Waals surface area contributed by atoms with Gasteiger partial charge in [0.15, 0.2) is 23.1 Å². The van der Waals surface area contributed by atoms with E-state index in [1.165, 1.54) is 18.2 Å². The Kier molecular flexibility index (Phi) is 6.85. The maximum atomic E-state index is 13.5. The molecular formula is C27H29FN6O4. The van der Waals surface area contributed by atoms with Crippen LogP contribution in [0.4, 0.5) is 4.39 Å². The number of pyridine rings is 2. The molecule has 4 aromatic rings. The number of aliphatic hydroxyl groups excluding tert-OH is 1. The van der Waals surface area contributed by atoms with Crippen LogP contribution in [0.2, 0.25) is 0 Å². The van der Waals surface area contributed by atoms with Gasteiger partial charge in [-0.25, -0.2) is 8.91 Å². The fourth-order valence-electron chi connectivity index (χ4n) is 4.80. The number of aliphatic hydroxyl groups is 1. The summed E-state index contributed by atoms with van der Waals surface area (Å²) in [5.74, 6) is 0.329. The molecule has 11 heteroatoms. The van der Waals surface area contributed by atoms with Gasteiger partial charge in [0.05, 0.1) is 43.5 Å². The lowest BCUT2D eigenvalue weighted by molar-refractivity contribution is -0.126. The lowest BCUT2D eigenvalue weighted by Crippen LogP contribution is -2.32. The molecule has 0 aromatic carbocycles. The second kappa shape index (κ2) is 10.3. The molecule has 0 spiro atoms. The summed E-state index contributed by atoms with van der Waals surface area (Å²) in [5.41, 5.74) is 4.52. The second-order valence-electron chi connectivity index (χ2n) is 9.20. The molecule has 0 bridgehead atoms. The van der Waals surface area contributed by atoms with Gasteiger partial charge in [-0.15, -0.1) is 0 Å². The minimum absolute atomic E-state index is 0.0863. The van der Waals surface area contributed by atoms with Crippen LogP contribution in [0.5, 0.6) is 11.5 Å². The topological polar surface area (TPSA) is 107 Å². The van der Waals surface area contributed by atoms with Crippen molar-refractivity contribution in [2.75, 3.05) is 20.2 Å². The van der Waals surface area contributed by atoms with Gasteiger partial charge in [0.1, 0.15) is 5.82 Å². The minimum Gasteiger partial charge on any atom is -0.493 e. The van der Waals surface area contributed by atoms with Crippen molar-refractivity contribution in [2.24, 2.45) is 0 Å². The van der Waals surface area contributed by atoms with E-state index in [4.69, 9.17) is 14.6 Å². The number of fused-ring (bicyclic) bond motifs is 2. The first kappa shape index (κ1) is 25.4. The van der Waals surface area contributed by atoms with Gasteiger partial charge in [0.25, 0.3) is 0 Å². The minimum atomic E-state index is -0.947. The Hall–Kier alpha value is -4.25. The monoisotopic (exact) mass is 520 g/mol. The van der Waals surface area contributed by atoms with Gasteiger partial charge in [-0.1, -0.05) is 6.58 Å². The number of carbonyl (C=O) groups excluding carboxylic acids is 1. The van der Waals surface area contributed by atoms with Gasteiger partial charge in [-0.3, -0.25) is 14.5 Å². The average Bonchev–Trinajstić information content (AvgIpc) is 3.39. The van der Waals surface area contributed by atoms with E-state index in [0.717, 1.165) is 28.7 Å². The van der Waals surface area contributed by atoms with Crippen molar-refractivity contribution < 1.29 is 23.8 Å². The van der Waals surface area contributed by atoms with Gasteiger partial charge in [0.2, 0.25) is 5.91 Å². The number of halogens is 1. The van der Waals surface area contributed by atoms with Crippen LogP contribution >= 0.6 is 0 Å². The number of hydrogen-bond donors (Lipinski definition) is 1. The molecule has 10 nitrogen and oxygen atoms in total. The quantitative estimate of drug-likeness (QED) is 0.373. The normalized spacial score (nSPS) is 15.0.